The number of aliphatic hydroxyl groups excluding tert-OH is 1. The van der Waals surface area contributed by atoms with E-state index in [-0.39, 0.29) is 0 Å². The molecule has 0 radical (unpaired) electrons. The van der Waals surface area contributed by atoms with Crippen LogP contribution >= 0.6 is 0 Å². The summed E-state index contributed by atoms with van der Waals surface area (Å²) in [6.07, 6.45) is 6.56. The van der Waals surface area contributed by atoms with E-state index in [1.165, 1.54) is 12.8 Å². The summed E-state index contributed by atoms with van der Waals surface area (Å²) in [5.74, 6) is 2.80. The predicted molar refractivity (Wildman–Crippen MR) is 72.5 cm³/mol. The van der Waals surface area contributed by atoms with Gasteiger partial charge in [-0.05, 0) is 25.7 Å². The van der Waals surface area contributed by atoms with Crippen LogP contribution in [0.25, 0.3) is 0 Å². The molecule has 1 aromatic heterocycles. The molecule has 5 heteroatoms. The molecule has 5 nitrogen and oxygen atoms in total. The van der Waals surface area contributed by atoms with E-state index in [0.29, 0.717) is 18.3 Å². The minimum absolute atomic E-state index is 0.292. The second-order valence-electron chi connectivity index (χ2n) is 4.88. The van der Waals surface area contributed by atoms with Crippen molar-refractivity contribution in [3.05, 3.63) is 11.9 Å². The normalized spacial score (nSPS) is 14.7. The number of nitrogens with zero attached hydrogens (tertiary/aromatic N) is 2. The van der Waals surface area contributed by atoms with Gasteiger partial charge < -0.3 is 16.2 Å². The van der Waals surface area contributed by atoms with Crippen molar-refractivity contribution in [2.45, 2.75) is 44.4 Å². The molecule has 1 aromatic rings. The highest BCUT2D eigenvalue weighted by Gasteiger charge is 2.27. The number of unbranched alkanes of at least 4 members (excludes halogenated alkanes) is 3. The summed E-state index contributed by atoms with van der Waals surface area (Å²) in [6, 6.07) is 1.79. The lowest BCUT2D eigenvalue weighted by atomic mass is 10.2. The van der Waals surface area contributed by atoms with E-state index in [2.05, 4.69) is 15.3 Å². The number of anilines is 2. The van der Waals surface area contributed by atoms with Gasteiger partial charge in [0.25, 0.3) is 0 Å². The second kappa shape index (κ2) is 6.54. The van der Waals surface area contributed by atoms with Gasteiger partial charge in [0.2, 0.25) is 0 Å². The Hall–Kier alpha value is -1.36. The van der Waals surface area contributed by atoms with Crippen molar-refractivity contribution in [3.63, 3.8) is 0 Å². The van der Waals surface area contributed by atoms with E-state index in [9.17, 15) is 0 Å². The van der Waals surface area contributed by atoms with Gasteiger partial charge in [-0.2, -0.15) is 0 Å². The van der Waals surface area contributed by atoms with Gasteiger partial charge >= 0.3 is 0 Å². The van der Waals surface area contributed by atoms with Gasteiger partial charge in [-0.3, -0.25) is 0 Å². The van der Waals surface area contributed by atoms with Crippen LogP contribution in [0.3, 0.4) is 0 Å². The third-order valence-corrected chi connectivity index (χ3v) is 3.10. The Kier molecular flexibility index (Phi) is 4.75. The average molecular weight is 250 g/mol. The Morgan fingerprint density at radius 2 is 2.00 bits per heavy atom. The number of nitrogens with one attached hydrogen (secondary N) is 1. The predicted octanol–water partition coefficient (Wildman–Crippen LogP) is 1.90. The molecule has 0 spiro atoms. The maximum atomic E-state index is 8.67. The number of rotatable bonds is 8. The van der Waals surface area contributed by atoms with Crippen LogP contribution in [-0.2, 0) is 0 Å². The van der Waals surface area contributed by atoms with Crippen molar-refractivity contribution in [2.24, 2.45) is 0 Å². The molecule has 4 N–H and O–H groups in total. The van der Waals surface area contributed by atoms with Crippen molar-refractivity contribution in [1.29, 1.82) is 0 Å². The summed E-state index contributed by atoms with van der Waals surface area (Å²) in [4.78, 5) is 8.75. The van der Waals surface area contributed by atoms with Crippen LogP contribution in [0, 0.1) is 0 Å². The zero-order valence-electron chi connectivity index (χ0n) is 10.7. The van der Waals surface area contributed by atoms with E-state index in [0.717, 1.165) is 43.9 Å². The highest BCUT2D eigenvalue weighted by molar-refractivity contribution is 5.45. The first-order chi connectivity index (χ1) is 8.79. The molecule has 100 valence electrons. The van der Waals surface area contributed by atoms with Crippen LogP contribution in [0.15, 0.2) is 6.07 Å². The molecule has 0 aromatic carbocycles. The van der Waals surface area contributed by atoms with E-state index < -0.39 is 0 Å². The first-order valence-corrected chi connectivity index (χ1v) is 6.79. The molecule has 0 bridgehead atoms. The molecule has 18 heavy (non-hydrogen) atoms. The Morgan fingerprint density at radius 1 is 1.22 bits per heavy atom. The molecule has 1 heterocycles. The monoisotopic (exact) mass is 250 g/mol. The third kappa shape index (κ3) is 4.14. The maximum absolute atomic E-state index is 8.67. The minimum atomic E-state index is 0.292. The highest BCUT2D eigenvalue weighted by Crippen LogP contribution is 2.38. The average Bonchev–Trinajstić information content (AvgIpc) is 3.17. The summed E-state index contributed by atoms with van der Waals surface area (Å²) < 4.78 is 0. The van der Waals surface area contributed by atoms with Gasteiger partial charge in [-0.15, -0.1) is 0 Å². The SMILES string of the molecule is Nc1cc(NCCCCCCO)nc(C2CC2)n1. The van der Waals surface area contributed by atoms with Crippen LogP contribution in [0.2, 0.25) is 0 Å². The van der Waals surface area contributed by atoms with Gasteiger partial charge in [0.15, 0.2) is 0 Å². The largest absolute Gasteiger partial charge is 0.396 e. The summed E-state index contributed by atoms with van der Waals surface area (Å²) in [6.45, 7) is 1.19. The number of nitrogens with two attached hydrogens (primary N) is 1. The van der Waals surface area contributed by atoms with Crippen LogP contribution in [-0.4, -0.2) is 28.2 Å². The minimum Gasteiger partial charge on any atom is -0.396 e. The van der Waals surface area contributed by atoms with Gasteiger partial charge in [0, 0.05) is 25.1 Å². The topological polar surface area (TPSA) is 84.1 Å². The summed E-state index contributed by atoms with van der Waals surface area (Å²) in [7, 11) is 0. The van der Waals surface area contributed by atoms with Gasteiger partial charge in [0.05, 0.1) is 0 Å². The van der Waals surface area contributed by atoms with Crippen LogP contribution in [0.5, 0.6) is 0 Å². The fourth-order valence-electron chi connectivity index (χ4n) is 1.91. The van der Waals surface area contributed by atoms with Crippen LogP contribution in [0.1, 0.15) is 50.3 Å². The van der Waals surface area contributed by atoms with Crippen LogP contribution in [0.4, 0.5) is 11.6 Å². The lowest BCUT2D eigenvalue weighted by Crippen LogP contribution is -2.07. The van der Waals surface area contributed by atoms with Crippen LogP contribution < -0.4 is 11.1 Å². The van der Waals surface area contributed by atoms with E-state index in [4.69, 9.17) is 10.8 Å². The standard InChI is InChI=1S/C13H22N4O/c14-11-9-12(15-7-3-1-2-4-8-18)17-13(16-11)10-5-6-10/h9-10,18H,1-8H2,(H3,14,15,16,17). The Bertz CT molecular complexity index is 379. The molecule has 0 aliphatic heterocycles. The van der Waals surface area contributed by atoms with Gasteiger partial charge in [-0.1, -0.05) is 12.8 Å². The molecule has 1 aliphatic carbocycles. The number of aromatic nitrogens is 2. The van der Waals surface area contributed by atoms with Gasteiger partial charge in [-0.25, -0.2) is 9.97 Å². The van der Waals surface area contributed by atoms with Crippen molar-refractivity contribution < 1.29 is 5.11 Å². The number of aliphatic hydroxyl groups is 1. The number of nitrogen functional groups attached to an aromatic ring is 1. The molecule has 1 aliphatic rings. The fourth-order valence-corrected chi connectivity index (χ4v) is 1.91. The summed E-state index contributed by atoms with van der Waals surface area (Å²) >= 11 is 0. The molecular weight excluding hydrogens is 228 g/mol. The first-order valence-electron chi connectivity index (χ1n) is 6.79. The number of hydrogen-bond acceptors (Lipinski definition) is 5. The Balaban J connectivity index is 1.74. The van der Waals surface area contributed by atoms with E-state index in [1.54, 1.807) is 6.07 Å². The van der Waals surface area contributed by atoms with Crippen molar-refractivity contribution in [3.8, 4) is 0 Å². The summed E-state index contributed by atoms with van der Waals surface area (Å²) in [5.41, 5.74) is 5.78. The molecular formula is C13H22N4O. The van der Waals surface area contributed by atoms with Crippen molar-refractivity contribution in [2.75, 3.05) is 24.2 Å². The molecule has 1 saturated carbocycles. The highest BCUT2D eigenvalue weighted by atomic mass is 16.2. The number of hydrogen-bond donors (Lipinski definition) is 3. The van der Waals surface area contributed by atoms with Gasteiger partial charge in [0.1, 0.15) is 17.5 Å². The maximum Gasteiger partial charge on any atom is 0.136 e. The molecule has 1 fully saturated rings. The van der Waals surface area contributed by atoms with Crippen molar-refractivity contribution >= 4 is 11.6 Å². The smallest absolute Gasteiger partial charge is 0.136 e. The Labute approximate surface area is 108 Å². The molecule has 0 atom stereocenters. The van der Waals surface area contributed by atoms with Crippen molar-refractivity contribution in [1.82, 2.24) is 9.97 Å². The molecule has 0 amide bonds. The molecule has 0 unspecified atom stereocenters. The zero-order chi connectivity index (χ0) is 12.8. The quantitative estimate of drug-likeness (QED) is 0.614. The molecule has 0 saturated heterocycles. The zero-order valence-corrected chi connectivity index (χ0v) is 10.7. The van der Waals surface area contributed by atoms with E-state index >= 15 is 0 Å². The fraction of sp³-hybridized carbons (Fsp3) is 0.692. The lowest BCUT2D eigenvalue weighted by Gasteiger charge is -2.07. The third-order valence-electron chi connectivity index (χ3n) is 3.10. The second-order valence-corrected chi connectivity index (χ2v) is 4.88. The first kappa shape index (κ1) is 13.1. The Morgan fingerprint density at radius 3 is 2.72 bits per heavy atom. The molecule has 2 rings (SSSR count). The summed E-state index contributed by atoms with van der Waals surface area (Å²) in [5, 5.41) is 12.0. The lowest BCUT2D eigenvalue weighted by molar-refractivity contribution is 0.283. The van der Waals surface area contributed by atoms with E-state index in [1.807, 2.05) is 0 Å².